The maximum atomic E-state index is 11.4. The van der Waals surface area contributed by atoms with E-state index >= 15 is 0 Å². The summed E-state index contributed by atoms with van der Waals surface area (Å²) in [5.74, 6) is 0.465. The van der Waals surface area contributed by atoms with Crippen LogP contribution in [0.15, 0.2) is 39.6 Å². The van der Waals surface area contributed by atoms with Crippen LogP contribution in [-0.4, -0.2) is 13.1 Å². The van der Waals surface area contributed by atoms with Gasteiger partial charge in [-0.3, -0.25) is 0 Å². The van der Waals surface area contributed by atoms with Gasteiger partial charge in [0, 0.05) is 10.6 Å². The molecular formula is C15H17NO3S. The van der Waals surface area contributed by atoms with E-state index in [1.54, 1.807) is 23.9 Å². The molecule has 2 aromatic rings. The molecule has 0 aliphatic carbocycles. The molecule has 0 amide bonds. The number of nitrogen functional groups attached to an aromatic ring is 1. The van der Waals surface area contributed by atoms with Gasteiger partial charge in [0.15, 0.2) is 0 Å². The lowest BCUT2D eigenvalue weighted by Gasteiger charge is -2.11. The van der Waals surface area contributed by atoms with E-state index in [0.717, 1.165) is 21.9 Å². The molecule has 0 saturated carbocycles. The number of thioether (sulfide) groups is 1. The maximum Gasteiger partial charge on any atom is 0.373 e. The fraction of sp³-hybridized carbons (Fsp3) is 0.267. The lowest BCUT2D eigenvalue weighted by Crippen LogP contribution is -1.98. The number of hydrogen-bond acceptors (Lipinski definition) is 5. The molecule has 1 heterocycles. The Hall–Kier alpha value is -1.88. The van der Waals surface area contributed by atoms with Crippen LogP contribution in [0.5, 0.6) is 0 Å². The fourth-order valence-electron chi connectivity index (χ4n) is 1.77. The predicted octanol–water partition coefficient (Wildman–Crippen LogP) is 3.81. The number of anilines is 1. The monoisotopic (exact) mass is 291 g/mol. The number of carbonyl (C=O) groups is 1. The van der Waals surface area contributed by atoms with Crippen molar-refractivity contribution in [2.75, 3.05) is 12.8 Å². The summed E-state index contributed by atoms with van der Waals surface area (Å²) in [4.78, 5) is 12.4. The summed E-state index contributed by atoms with van der Waals surface area (Å²) in [7, 11) is 1.33. The van der Waals surface area contributed by atoms with Crippen molar-refractivity contribution in [1.29, 1.82) is 0 Å². The number of furan rings is 1. The van der Waals surface area contributed by atoms with Gasteiger partial charge in [-0.2, -0.15) is 0 Å². The Bertz CT molecular complexity index is 621. The van der Waals surface area contributed by atoms with Crippen LogP contribution in [0, 0.1) is 6.92 Å². The minimum Gasteiger partial charge on any atom is -0.463 e. The topological polar surface area (TPSA) is 65.5 Å². The van der Waals surface area contributed by atoms with Gasteiger partial charge in [-0.1, -0.05) is 6.07 Å². The second kappa shape index (κ2) is 6.05. The Kier molecular flexibility index (Phi) is 4.39. The molecule has 1 aromatic heterocycles. The van der Waals surface area contributed by atoms with Crippen molar-refractivity contribution in [3.8, 4) is 0 Å². The molecule has 0 fully saturated rings. The highest BCUT2D eigenvalue weighted by Crippen LogP contribution is 2.38. The summed E-state index contributed by atoms with van der Waals surface area (Å²) in [6.45, 7) is 4.03. The molecule has 0 saturated heterocycles. The van der Waals surface area contributed by atoms with Gasteiger partial charge in [0.2, 0.25) is 5.76 Å². The van der Waals surface area contributed by atoms with E-state index in [1.807, 2.05) is 32.0 Å². The number of aryl methyl sites for hydroxylation is 1. The Morgan fingerprint density at radius 3 is 2.80 bits per heavy atom. The minimum absolute atomic E-state index is 0.0532. The van der Waals surface area contributed by atoms with Gasteiger partial charge in [0.1, 0.15) is 5.76 Å². The lowest BCUT2D eigenvalue weighted by molar-refractivity contribution is 0.0563. The van der Waals surface area contributed by atoms with Crippen LogP contribution in [0.3, 0.4) is 0 Å². The summed E-state index contributed by atoms with van der Waals surface area (Å²) >= 11 is 1.60. The summed E-state index contributed by atoms with van der Waals surface area (Å²) < 4.78 is 10.1. The molecular weight excluding hydrogens is 274 g/mol. The normalized spacial score (nSPS) is 12.2. The third-order valence-electron chi connectivity index (χ3n) is 2.89. The van der Waals surface area contributed by atoms with Crippen molar-refractivity contribution in [1.82, 2.24) is 0 Å². The Labute approximate surface area is 122 Å². The number of rotatable bonds is 4. The molecule has 20 heavy (non-hydrogen) atoms. The van der Waals surface area contributed by atoms with Crippen molar-refractivity contribution in [3.05, 3.63) is 47.4 Å². The standard InChI is InChI=1S/C15H17NO3S/c1-9-4-5-11(16)14(8-9)20-10(2)12-6-7-13(19-12)15(17)18-3/h4-8,10H,16H2,1-3H3. The van der Waals surface area contributed by atoms with E-state index in [9.17, 15) is 4.79 Å². The van der Waals surface area contributed by atoms with Gasteiger partial charge < -0.3 is 14.9 Å². The molecule has 1 unspecified atom stereocenters. The highest BCUT2D eigenvalue weighted by Gasteiger charge is 2.17. The van der Waals surface area contributed by atoms with E-state index in [4.69, 9.17) is 10.2 Å². The van der Waals surface area contributed by atoms with Crippen LogP contribution in [0.1, 0.15) is 34.1 Å². The Balaban J connectivity index is 2.15. The van der Waals surface area contributed by atoms with Gasteiger partial charge in [-0.05, 0) is 43.7 Å². The highest BCUT2D eigenvalue weighted by molar-refractivity contribution is 7.99. The molecule has 5 heteroatoms. The van der Waals surface area contributed by atoms with Gasteiger partial charge in [-0.15, -0.1) is 11.8 Å². The molecule has 0 spiro atoms. The van der Waals surface area contributed by atoms with Crippen LogP contribution in [-0.2, 0) is 4.74 Å². The third-order valence-corrected chi connectivity index (χ3v) is 4.08. The third kappa shape index (κ3) is 3.17. The average molecular weight is 291 g/mol. The first-order valence-electron chi connectivity index (χ1n) is 6.22. The van der Waals surface area contributed by atoms with Crippen LogP contribution in [0.4, 0.5) is 5.69 Å². The van der Waals surface area contributed by atoms with Crippen LogP contribution >= 0.6 is 11.8 Å². The number of esters is 1. The molecule has 4 nitrogen and oxygen atoms in total. The number of hydrogen-bond donors (Lipinski definition) is 1. The smallest absolute Gasteiger partial charge is 0.373 e. The molecule has 106 valence electrons. The SMILES string of the molecule is COC(=O)c1ccc(C(C)Sc2cc(C)ccc2N)o1. The summed E-state index contributed by atoms with van der Waals surface area (Å²) in [6, 6.07) is 9.33. The quantitative estimate of drug-likeness (QED) is 0.527. The van der Waals surface area contributed by atoms with E-state index in [0.29, 0.717) is 0 Å². The number of methoxy groups -OCH3 is 1. The number of carbonyl (C=O) groups excluding carboxylic acids is 1. The molecule has 0 bridgehead atoms. The van der Waals surface area contributed by atoms with Crippen molar-refractivity contribution >= 4 is 23.4 Å². The van der Waals surface area contributed by atoms with Crippen LogP contribution in [0.25, 0.3) is 0 Å². The highest BCUT2D eigenvalue weighted by atomic mass is 32.2. The number of benzene rings is 1. The molecule has 0 aliphatic heterocycles. The van der Waals surface area contributed by atoms with Crippen molar-refractivity contribution in [2.45, 2.75) is 24.0 Å². The predicted molar refractivity (Wildman–Crippen MR) is 79.9 cm³/mol. The Morgan fingerprint density at radius 2 is 2.10 bits per heavy atom. The average Bonchev–Trinajstić information content (AvgIpc) is 2.91. The Morgan fingerprint density at radius 1 is 1.35 bits per heavy atom. The number of nitrogens with two attached hydrogens (primary N) is 1. The number of ether oxygens (including phenoxy) is 1. The largest absolute Gasteiger partial charge is 0.463 e. The first kappa shape index (κ1) is 14.5. The zero-order valence-corrected chi connectivity index (χ0v) is 12.5. The van der Waals surface area contributed by atoms with Gasteiger partial charge in [-0.25, -0.2) is 4.79 Å². The van der Waals surface area contributed by atoms with Crippen LogP contribution in [0.2, 0.25) is 0 Å². The van der Waals surface area contributed by atoms with Crippen molar-refractivity contribution < 1.29 is 13.9 Å². The van der Waals surface area contributed by atoms with E-state index in [1.165, 1.54) is 7.11 Å². The molecule has 0 radical (unpaired) electrons. The molecule has 2 rings (SSSR count). The van der Waals surface area contributed by atoms with Crippen LogP contribution < -0.4 is 5.73 Å². The molecule has 0 aliphatic rings. The molecule has 1 atom stereocenters. The van der Waals surface area contributed by atoms with Gasteiger partial charge >= 0.3 is 5.97 Å². The van der Waals surface area contributed by atoms with E-state index in [-0.39, 0.29) is 11.0 Å². The van der Waals surface area contributed by atoms with Gasteiger partial charge in [0.05, 0.1) is 12.4 Å². The fourth-order valence-corrected chi connectivity index (χ4v) is 2.86. The molecule has 1 aromatic carbocycles. The summed E-state index contributed by atoms with van der Waals surface area (Å²) in [5, 5.41) is 0.0532. The van der Waals surface area contributed by atoms with Crippen molar-refractivity contribution in [2.24, 2.45) is 0 Å². The zero-order chi connectivity index (χ0) is 14.7. The molecule has 2 N–H and O–H groups in total. The first-order chi connectivity index (χ1) is 9.51. The lowest BCUT2D eigenvalue weighted by atomic mass is 10.2. The van der Waals surface area contributed by atoms with Gasteiger partial charge in [0.25, 0.3) is 0 Å². The van der Waals surface area contributed by atoms with Crippen molar-refractivity contribution in [3.63, 3.8) is 0 Å². The van der Waals surface area contributed by atoms with E-state index < -0.39 is 5.97 Å². The first-order valence-corrected chi connectivity index (χ1v) is 7.10. The second-order valence-electron chi connectivity index (χ2n) is 4.49. The summed E-state index contributed by atoms with van der Waals surface area (Å²) in [6.07, 6.45) is 0. The maximum absolute atomic E-state index is 11.4. The minimum atomic E-state index is -0.469. The zero-order valence-electron chi connectivity index (χ0n) is 11.7. The second-order valence-corrected chi connectivity index (χ2v) is 5.88. The van der Waals surface area contributed by atoms with E-state index in [2.05, 4.69) is 4.74 Å². The summed E-state index contributed by atoms with van der Waals surface area (Å²) in [5.41, 5.74) is 7.86.